The Hall–Kier alpha value is -2.04. The number of carbonyl (C=O) groups is 1. The van der Waals surface area contributed by atoms with Gasteiger partial charge in [0, 0.05) is 7.05 Å². The van der Waals surface area contributed by atoms with E-state index in [0.29, 0.717) is 5.95 Å². The molecule has 0 spiro atoms. The first-order valence-corrected chi connectivity index (χ1v) is 4.54. The van der Waals surface area contributed by atoms with E-state index in [0.717, 1.165) is 11.0 Å². The van der Waals surface area contributed by atoms with Gasteiger partial charge in [-0.15, -0.1) is 0 Å². The summed E-state index contributed by atoms with van der Waals surface area (Å²) < 4.78 is 0. The van der Waals surface area contributed by atoms with Crippen LogP contribution in [-0.2, 0) is 4.79 Å². The molecule has 5 nitrogen and oxygen atoms in total. The molecule has 1 aromatic heterocycles. The Bertz CT molecular complexity index is 459. The van der Waals surface area contributed by atoms with Crippen molar-refractivity contribution >= 4 is 23.0 Å². The van der Waals surface area contributed by atoms with Crippen LogP contribution < -0.4 is 4.90 Å². The summed E-state index contributed by atoms with van der Waals surface area (Å²) in [5.74, 6) is -0.309. The van der Waals surface area contributed by atoms with Crippen LogP contribution in [0.3, 0.4) is 0 Å². The van der Waals surface area contributed by atoms with Gasteiger partial charge in [-0.05, 0) is 12.1 Å². The van der Waals surface area contributed by atoms with E-state index in [1.54, 1.807) is 11.9 Å². The number of anilines is 1. The third-order valence-corrected chi connectivity index (χ3v) is 2.11. The molecule has 0 fully saturated rings. The molecule has 0 bridgehead atoms. The molecule has 5 heteroatoms. The predicted molar refractivity (Wildman–Crippen MR) is 57.0 cm³/mol. The van der Waals surface area contributed by atoms with E-state index in [1.165, 1.54) is 0 Å². The number of carboxylic acid groups (broad SMARTS) is 1. The van der Waals surface area contributed by atoms with Crippen molar-refractivity contribution < 1.29 is 9.90 Å². The van der Waals surface area contributed by atoms with Crippen LogP contribution in [0.4, 0.5) is 5.95 Å². The molecule has 1 aromatic carbocycles. The molecule has 0 saturated carbocycles. The predicted octanol–water partition coefficient (Wildman–Crippen LogP) is 1.08. The van der Waals surface area contributed by atoms with E-state index in [9.17, 15) is 4.79 Å². The van der Waals surface area contributed by atoms with Crippen LogP contribution in [0.15, 0.2) is 24.3 Å². The van der Waals surface area contributed by atoms with E-state index in [-0.39, 0.29) is 6.54 Å². The first kappa shape index (κ1) is 9.51. The maximum absolute atomic E-state index is 10.5. The lowest BCUT2D eigenvalue weighted by Gasteiger charge is -2.11. The number of para-hydroxylation sites is 2. The maximum Gasteiger partial charge on any atom is 0.323 e. The van der Waals surface area contributed by atoms with Crippen molar-refractivity contribution in [3.8, 4) is 0 Å². The van der Waals surface area contributed by atoms with Gasteiger partial charge in [-0.25, -0.2) is 4.98 Å². The highest BCUT2D eigenvalue weighted by molar-refractivity contribution is 5.79. The number of nitrogens with one attached hydrogen (secondary N) is 1. The summed E-state index contributed by atoms with van der Waals surface area (Å²) in [6.07, 6.45) is 0. The lowest BCUT2D eigenvalue weighted by molar-refractivity contribution is -0.135. The second-order valence-electron chi connectivity index (χ2n) is 3.33. The monoisotopic (exact) mass is 205 g/mol. The standard InChI is InChI=1S/C10H11N3O2/c1-13(6-9(14)15)10-11-7-4-2-3-5-8(7)12-10/h2-5H,6H2,1H3,(H,11,12)(H,14,15). The van der Waals surface area contributed by atoms with Gasteiger partial charge in [0.05, 0.1) is 11.0 Å². The van der Waals surface area contributed by atoms with Gasteiger partial charge in [0.1, 0.15) is 6.54 Å². The highest BCUT2D eigenvalue weighted by Crippen LogP contribution is 2.15. The molecule has 0 atom stereocenters. The largest absolute Gasteiger partial charge is 0.480 e. The van der Waals surface area contributed by atoms with Crippen molar-refractivity contribution in [2.45, 2.75) is 0 Å². The fourth-order valence-electron chi connectivity index (χ4n) is 1.40. The van der Waals surface area contributed by atoms with E-state index in [4.69, 9.17) is 5.11 Å². The number of hydrogen-bond acceptors (Lipinski definition) is 3. The number of aromatic amines is 1. The van der Waals surface area contributed by atoms with E-state index >= 15 is 0 Å². The number of rotatable bonds is 3. The fraction of sp³-hybridized carbons (Fsp3) is 0.200. The molecule has 0 unspecified atom stereocenters. The Balaban J connectivity index is 2.32. The van der Waals surface area contributed by atoms with Crippen molar-refractivity contribution in [1.82, 2.24) is 9.97 Å². The van der Waals surface area contributed by atoms with Crippen molar-refractivity contribution in [3.63, 3.8) is 0 Å². The number of benzene rings is 1. The van der Waals surface area contributed by atoms with Gasteiger partial charge >= 0.3 is 5.97 Å². The minimum atomic E-state index is -0.877. The number of likely N-dealkylation sites (N-methyl/N-ethyl adjacent to an activating group) is 1. The minimum Gasteiger partial charge on any atom is -0.480 e. The molecule has 2 aromatic rings. The number of imidazole rings is 1. The second-order valence-corrected chi connectivity index (χ2v) is 3.33. The number of fused-ring (bicyclic) bond motifs is 1. The zero-order valence-electron chi connectivity index (χ0n) is 8.27. The molecule has 0 radical (unpaired) electrons. The van der Waals surface area contributed by atoms with Crippen LogP contribution in [0.5, 0.6) is 0 Å². The van der Waals surface area contributed by atoms with Gasteiger partial charge in [0.2, 0.25) is 5.95 Å². The van der Waals surface area contributed by atoms with E-state index in [2.05, 4.69) is 9.97 Å². The molecule has 2 rings (SSSR count). The molecule has 0 amide bonds. The summed E-state index contributed by atoms with van der Waals surface area (Å²) >= 11 is 0. The number of aliphatic carboxylic acids is 1. The van der Waals surface area contributed by atoms with Gasteiger partial charge in [0.15, 0.2) is 0 Å². The SMILES string of the molecule is CN(CC(=O)O)c1nc2ccccc2[nH]1. The van der Waals surface area contributed by atoms with E-state index < -0.39 is 5.97 Å². The summed E-state index contributed by atoms with van der Waals surface area (Å²) in [4.78, 5) is 19.4. The summed E-state index contributed by atoms with van der Waals surface area (Å²) in [5.41, 5.74) is 1.74. The number of H-pyrrole nitrogens is 1. The van der Waals surface area contributed by atoms with Crippen LogP contribution in [0.25, 0.3) is 11.0 Å². The van der Waals surface area contributed by atoms with Gasteiger partial charge in [0.25, 0.3) is 0 Å². The first-order valence-electron chi connectivity index (χ1n) is 4.54. The number of aromatic nitrogens is 2. The topological polar surface area (TPSA) is 69.2 Å². The fourth-order valence-corrected chi connectivity index (χ4v) is 1.40. The van der Waals surface area contributed by atoms with Crippen LogP contribution in [0.1, 0.15) is 0 Å². The van der Waals surface area contributed by atoms with Gasteiger partial charge < -0.3 is 15.0 Å². The third-order valence-electron chi connectivity index (χ3n) is 2.11. The molecule has 78 valence electrons. The highest BCUT2D eigenvalue weighted by atomic mass is 16.4. The molecule has 2 N–H and O–H groups in total. The van der Waals surface area contributed by atoms with Gasteiger partial charge in [-0.3, -0.25) is 4.79 Å². The number of hydrogen-bond donors (Lipinski definition) is 2. The minimum absolute atomic E-state index is 0.0696. The van der Waals surface area contributed by atoms with Gasteiger partial charge in [-0.2, -0.15) is 0 Å². The summed E-state index contributed by atoms with van der Waals surface area (Å²) in [7, 11) is 1.69. The summed E-state index contributed by atoms with van der Waals surface area (Å²) in [5, 5.41) is 8.64. The molecule has 0 aliphatic heterocycles. The quantitative estimate of drug-likeness (QED) is 0.786. The Kier molecular flexibility index (Phi) is 2.29. The Labute approximate surface area is 86.4 Å². The van der Waals surface area contributed by atoms with Crippen molar-refractivity contribution in [2.24, 2.45) is 0 Å². The van der Waals surface area contributed by atoms with Crippen molar-refractivity contribution in [2.75, 3.05) is 18.5 Å². The average Bonchev–Trinajstić information content (AvgIpc) is 2.59. The molecule has 1 heterocycles. The number of carboxylic acids is 1. The molecular weight excluding hydrogens is 194 g/mol. The molecule has 0 saturated heterocycles. The molecular formula is C10H11N3O2. The summed E-state index contributed by atoms with van der Waals surface area (Å²) in [6.45, 7) is -0.0696. The second kappa shape index (κ2) is 3.61. The molecule has 0 aliphatic rings. The van der Waals surface area contributed by atoms with Crippen molar-refractivity contribution in [3.05, 3.63) is 24.3 Å². The zero-order valence-corrected chi connectivity index (χ0v) is 8.27. The lowest BCUT2D eigenvalue weighted by atomic mass is 10.3. The maximum atomic E-state index is 10.5. The van der Waals surface area contributed by atoms with E-state index in [1.807, 2.05) is 24.3 Å². The Morgan fingerprint density at radius 3 is 2.93 bits per heavy atom. The highest BCUT2D eigenvalue weighted by Gasteiger charge is 2.09. The average molecular weight is 205 g/mol. The third kappa shape index (κ3) is 1.90. The Morgan fingerprint density at radius 2 is 2.27 bits per heavy atom. The molecule has 0 aliphatic carbocycles. The normalized spacial score (nSPS) is 10.5. The van der Waals surface area contributed by atoms with Crippen LogP contribution >= 0.6 is 0 Å². The van der Waals surface area contributed by atoms with Crippen LogP contribution in [0.2, 0.25) is 0 Å². The smallest absolute Gasteiger partial charge is 0.323 e. The van der Waals surface area contributed by atoms with Crippen LogP contribution in [0, 0.1) is 0 Å². The van der Waals surface area contributed by atoms with Crippen LogP contribution in [-0.4, -0.2) is 34.6 Å². The summed E-state index contributed by atoms with van der Waals surface area (Å²) in [6, 6.07) is 7.58. The lowest BCUT2D eigenvalue weighted by Crippen LogP contribution is -2.25. The van der Waals surface area contributed by atoms with Gasteiger partial charge in [-0.1, -0.05) is 12.1 Å². The molecule has 15 heavy (non-hydrogen) atoms. The first-order chi connectivity index (χ1) is 7.16. The zero-order chi connectivity index (χ0) is 10.8. The number of nitrogens with zero attached hydrogens (tertiary/aromatic N) is 2. The van der Waals surface area contributed by atoms with Crippen molar-refractivity contribution in [1.29, 1.82) is 0 Å². The Morgan fingerprint density at radius 1 is 1.53 bits per heavy atom.